The minimum Gasteiger partial charge on any atom is -0.493 e. The monoisotopic (exact) mass is 382 g/mol. The highest BCUT2D eigenvalue weighted by molar-refractivity contribution is 5.64. The minimum atomic E-state index is -0.348. The van der Waals surface area contributed by atoms with Crippen LogP contribution in [-0.2, 0) is 0 Å². The number of nitro benzene ring substituents is 1. The molecule has 2 aromatic carbocycles. The Bertz CT molecular complexity index is 931. The molecular weight excluding hydrogens is 360 g/mol. The number of ether oxygens (including phenoxy) is 3. The average molecular weight is 382 g/mol. The predicted octanol–water partition coefficient (Wildman–Crippen LogP) is 4.45. The molecule has 0 fully saturated rings. The number of nitrogens with zero attached hydrogens (tertiary/aromatic N) is 1. The van der Waals surface area contributed by atoms with Crippen LogP contribution in [0.1, 0.15) is 29.5 Å². The molecule has 2 aromatic rings. The molecule has 1 aliphatic carbocycles. The molecule has 0 spiro atoms. The number of nitrogens with one attached hydrogen (secondary N) is 1. The molecule has 0 radical (unpaired) electrons. The number of anilines is 1. The second kappa shape index (κ2) is 7.07. The topological polar surface area (TPSA) is 82.9 Å². The maximum absolute atomic E-state index is 11.2. The molecule has 1 aliphatic heterocycles. The summed E-state index contributed by atoms with van der Waals surface area (Å²) in [5, 5.41) is 14.8. The van der Waals surface area contributed by atoms with Crippen molar-refractivity contribution >= 4 is 11.4 Å². The normalized spacial score (nSPS) is 22.0. The van der Waals surface area contributed by atoms with Crippen LogP contribution in [-0.4, -0.2) is 26.3 Å². The van der Waals surface area contributed by atoms with Gasteiger partial charge in [-0.1, -0.05) is 12.2 Å². The average Bonchev–Trinajstić information content (AvgIpc) is 3.21. The number of fused-ring (bicyclic) bond motifs is 3. The van der Waals surface area contributed by atoms with Crippen LogP contribution in [0, 0.1) is 16.0 Å². The fourth-order valence-electron chi connectivity index (χ4n) is 4.31. The van der Waals surface area contributed by atoms with E-state index in [1.807, 2.05) is 12.1 Å². The molecule has 28 heavy (non-hydrogen) atoms. The Balaban J connectivity index is 1.79. The van der Waals surface area contributed by atoms with Crippen LogP contribution in [0.4, 0.5) is 11.4 Å². The lowest BCUT2D eigenvalue weighted by Gasteiger charge is -2.37. The van der Waals surface area contributed by atoms with E-state index < -0.39 is 0 Å². The zero-order chi connectivity index (χ0) is 19.8. The zero-order valence-electron chi connectivity index (χ0n) is 16.0. The number of nitro groups is 1. The summed E-state index contributed by atoms with van der Waals surface area (Å²) < 4.78 is 16.5. The summed E-state index contributed by atoms with van der Waals surface area (Å²) in [6.07, 6.45) is 5.19. The van der Waals surface area contributed by atoms with E-state index in [2.05, 4.69) is 17.5 Å². The van der Waals surface area contributed by atoms with Crippen LogP contribution in [0.3, 0.4) is 0 Å². The van der Waals surface area contributed by atoms with Crippen LogP contribution in [0.15, 0.2) is 42.5 Å². The number of non-ortho nitro benzene ring substituents is 1. The summed E-state index contributed by atoms with van der Waals surface area (Å²) in [6.45, 7) is 0. The van der Waals surface area contributed by atoms with Crippen molar-refractivity contribution < 1.29 is 19.1 Å². The number of methoxy groups -OCH3 is 3. The molecule has 146 valence electrons. The molecule has 7 nitrogen and oxygen atoms in total. The molecule has 3 atom stereocenters. The lowest BCUT2D eigenvalue weighted by molar-refractivity contribution is -0.384. The van der Waals surface area contributed by atoms with Crippen molar-refractivity contribution in [2.24, 2.45) is 5.92 Å². The molecule has 7 heteroatoms. The van der Waals surface area contributed by atoms with Gasteiger partial charge in [-0.25, -0.2) is 0 Å². The van der Waals surface area contributed by atoms with Gasteiger partial charge in [0.1, 0.15) is 0 Å². The first-order valence-corrected chi connectivity index (χ1v) is 9.08. The Labute approximate surface area is 163 Å². The number of allylic oxidation sites excluding steroid dienone is 2. The largest absolute Gasteiger partial charge is 0.493 e. The molecule has 0 saturated carbocycles. The second-order valence-corrected chi connectivity index (χ2v) is 6.96. The fraction of sp³-hybridized carbons (Fsp3) is 0.333. The Morgan fingerprint density at radius 3 is 2.39 bits per heavy atom. The van der Waals surface area contributed by atoms with Crippen LogP contribution in [0.25, 0.3) is 0 Å². The fourth-order valence-corrected chi connectivity index (χ4v) is 4.31. The van der Waals surface area contributed by atoms with E-state index in [0.717, 1.165) is 23.2 Å². The third kappa shape index (κ3) is 2.83. The first-order valence-electron chi connectivity index (χ1n) is 9.08. The van der Waals surface area contributed by atoms with Gasteiger partial charge in [0.05, 0.1) is 32.3 Å². The molecule has 0 amide bonds. The molecular formula is C21H22N2O5. The van der Waals surface area contributed by atoms with E-state index in [4.69, 9.17) is 14.2 Å². The van der Waals surface area contributed by atoms with Gasteiger partial charge in [0.2, 0.25) is 5.75 Å². The maximum Gasteiger partial charge on any atom is 0.269 e. The number of hydrogen-bond acceptors (Lipinski definition) is 6. The highest BCUT2D eigenvalue weighted by Crippen LogP contribution is 2.52. The number of benzene rings is 2. The third-order valence-electron chi connectivity index (χ3n) is 5.60. The first kappa shape index (κ1) is 18.2. The first-order chi connectivity index (χ1) is 13.6. The lowest BCUT2D eigenvalue weighted by atomic mass is 9.77. The van der Waals surface area contributed by atoms with Crippen molar-refractivity contribution in [3.05, 3.63) is 63.7 Å². The van der Waals surface area contributed by atoms with Gasteiger partial charge in [-0.3, -0.25) is 10.1 Å². The molecule has 1 N–H and O–H groups in total. The summed E-state index contributed by atoms with van der Waals surface area (Å²) in [5.74, 6) is 2.14. The third-order valence-corrected chi connectivity index (χ3v) is 5.60. The molecule has 0 unspecified atom stereocenters. The van der Waals surface area contributed by atoms with E-state index in [0.29, 0.717) is 17.2 Å². The minimum absolute atomic E-state index is 0.0164. The van der Waals surface area contributed by atoms with E-state index >= 15 is 0 Å². The van der Waals surface area contributed by atoms with E-state index in [1.165, 1.54) is 6.07 Å². The van der Waals surface area contributed by atoms with Gasteiger partial charge >= 0.3 is 0 Å². The standard InChI is InChI=1S/C21H22N2O5/c1-26-18-9-12(10-19(27-2)21(18)28-3)20-15-6-4-5-14(15)16-11-13(23(24)25)7-8-17(16)22-20/h4-5,7-11,14-15,20,22H,6H2,1-3H3/t14-,15-,20-/m1/s1. The Hall–Kier alpha value is -3.22. The van der Waals surface area contributed by atoms with E-state index in [1.54, 1.807) is 33.5 Å². The van der Waals surface area contributed by atoms with Gasteiger partial charge in [0, 0.05) is 23.7 Å². The van der Waals surface area contributed by atoms with Gasteiger partial charge in [-0.05, 0) is 41.7 Å². The van der Waals surface area contributed by atoms with Gasteiger partial charge in [0.15, 0.2) is 11.5 Å². The van der Waals surface area contributed by atoms with Gasteiger partial charge < -0.3 is 19.5 Å². The van der Waals surface area contributed by atoms with Crippen molar-refractivity contribution in [1.29, 1.82) is 0 Å². The summed E-state index contributed by atoms with van der Waals surface area (Å²) in [6, 6.07) is 8.96. The molecule has 0 bridgehead atoms. The highest BCUT2D eigenvalue weighted by Gasteiger charge is 2.39. The summed E-state index contributed by atoms with van der Waals surface area (Å²) in [7, 11) is 4.78. The Morgan fingerprint density at radius 1 is 1.07 bits per heavy atom. The van der Waals surface area contributed by atoms with Gasteiger partial charge in [0.25, 0.3) is 5.69 Å². The Kier molecular flexibility index (Phi) is 4.58. The Morgan fingerprint density at radius 2 is 1.79 bits per heavy atom. The summed E-state index contributed by atoms with van der Waals surface area (Å²) in [5.41, 5.74) is 3.02. The predicted molar refractivity (Wildman–Crippen MR) is 106 cm³/mol. The van der Waals surface area contributed by atoms with E-state index in [9.17, 15) is 10.1 Å². The SMILES string of the molecule is COc1cc([C@H]2Nc3ccc([N+](=O)[O-])cc3[C@@H]3C=CC[C@@H]23)cc(OC)c1OC. The smallest absolute Gasteiger partial charge is 0.269 e. The molecule has 1 heterocycles. The lowest BCUT2D eigenvalue weighted by Crippen LogP contribution is -2.29. The second-order valence-electron chi connectivity index (χ2n) is 6.96. The summed E-state index contributed by atoms with van der Waals surface area (Å²) in [4.78, 5) is 10.8. The summed E-state index contributed by atoms with van der Waals surface area (Å²) >= 11 is 0. The van der Waals surface area contributed by atoms with Crippen LogP contribution in [0.2, 0.25) is 0 Å². The van der Waals surface area contributed by atoms with E-state index in [-0.39, 0.29) is 28.5 Å². The van der Waals surface area contributed by atoms with Crippen LogP contribution < -0.4 is 19.5 Å². The van der Waals surface area contributed by atoms with Crippen molar-refractivity contribution in [3.63, 3.8) is 0 Å². The number of rotatable bonds is 5. The molecule has 4 rings (SSSR count). The molecule has 2 aliphatic rings. The van der Waals surface area contributed by atoms with Gasteiger partial charge in [-0.15, -0.1) is 0 Å². The van der Waals surface area contributed by atoms with Crippen molar-refractivity contribution in [2.75, 3.05) is 26.6 Å². The zero-order valence-corrected chi connectivity index (χ0v) is 16.0. The van der Waals surface area contributed by atoms with Crippen LogP contribution >= 0.6 is 0 Å². The quantitative estimate of drug-likeness (QED) is 0.467. The number of hydrogen-bond donors (Lipinski definition) is 1. The molecule has 0 saturated heterocycles. The van der Waals surface area contributed by atoms with Crippen molar-refractivity contribution in [1.82, 2.24) is 0 Å². The molecule has 0 aromatic heterocycles. The van der Waals surface area contributed by atoms with Crippen LogP contribution in [0.5, 0.6) is 17.2 Å². The highest BCUT2D eigenvalue weighted by atomic mass is 16.6. The van der Waals surface area contributed by atoms with Gasteiger partial charge in [-0.2, -0.15) is 0 Å². The van der Waals surface area contributed by atoms with Crippen molar-refractivity contribution in [2.45, 2.75) is 18.4 Å². The van der Waals surface area contributed by atoms with Crippen molar-refractivity contribution in [3.8, 4) is 17.2 Å². The maximum atomic E-state index is 11.2.